The standard InChI is InChI=1S/C26H21FN2O5/c1-32-20-9-4-17(5-10-20)23-24(28-19-8-11-21-22(14-19)34-13-12-33-21)26(31)29(25(23)30)15-16-2-6-18(27)7-3-16/h2-11,14,28H,12-13,15H2,1H3. The quantitative estimate of drug-likeness (QED) is 0.561. The van der Waals surface area contributed by atoms with Gasteiger partial charge >= 0.3 is 0 Å². The number of halogens is 1. The molecule has 0 saturated carbocycles. The second-order valence-corrected chi connectivity index (χ2v) is 7.78. The van der Waals surface area contributed by atoms with Crippen molar-refractivity contribution in [1.29, 1.82) is 0 Å². The number of amides is 2. The van der Waals surface area contributed by atoms with E-state index >= 15 is 0 Å². The van der Waals surface area contributed by atoms with Crippen LogP contribution in [0.1, 0.15) is 11.1 Å². The SMILES string of the molecule is COc1ccc(C2=C(Nc3ccc4c(c3)OCCO4)C(=O)N(Cc3ccc(F)cc3)C2=O)cc1. The molecule has 2 heterocycles. The summed E-state index contributed by atoms with van der Waals surface area (Å²) in [6, 6.07) is 17.8. The molecular formula is C26H21FN2O5. The zero-order valence-corrected chi connectivity index (χ0v) is 18.3. The molecule has 172 valence electrons. The predicted molar refractivity (Wildman–Crippen MR) is 123 cm³/mol. The lowest BCUT2D eigenvalue weighted by Gasteiger charge is -2.19. The van der Waals surface area contributed by atoms with Crippen LogP contribution in [0.4, 0.5) is 10.1 Å². The Morgan fingerprint density at radius 2 is 1.62 bits per heavy atom. The van der Waals surface area contributed by atoms with E-state index in [0.29, 0.717) is 47.3 Å². The third-order valence-corrected chi connectivity index (χ3v) is 5.61. The summed E-state index contributed by atoms with van der Waals surface area (Å²) in [5.74, 6) is 0.497. The monoisotopic (exact) mass is 460 g/mol. The van der Waals surface area contributed by atoms with Gasteiger partial charge in [0.05, 0.1) is 19.2 Å². The fraction of sp³-hybridized carbons (Fsp3) is 0.154. The van der Waals surface area contributed by atoms with Crippen molar-refractivity contribution in [2.45, 2.75) is 6.54 Å². The maximum absolute atomic E-state index is 13.4. The number of carbonyl (C=O) groups excluding carboxylic acids is 2. The summed E-state index contributed by atoms with van der Waals surface area (Å²) in [6.45, 7) is 0.918. The maximum Gasteiger partial charge on any atom is 0.278 e. The van der Waals surface area contributed by atoms with Crippen LogP contribution in [0, 0.1) is 5.82 Å². The Bertz CT molecular complexity index is 1290. The molecule has 0 radical (unpaired) electrons. The number of rotatable bonds is 6. The number of anilines is 1. The van der Waals surface area contributed by atoms with Crippen molar-refractivity contribution in [2.24, 2.45) is 0 Å². The molecule has 0 unspecified atom stereocenters. The highest BCUT2D eigenvalue weighted by atomic mass is 19.1. The minimum atomic E-state index is -0.477. The number of methoxy groups -OCH3 is 1. The van der Waals surface area contributed by atoms with Crippen LogP contribution in [0.2, 0.25) is 0 Å². The fourth-order valence-corrected chi connectivity index (χ4v) is 3.90. The van der Waals surface area contributed by atoms with Crippen molar-refractivity contribution in [3.05, 3.63) is 89.4 Å². The normalized spacial score (nSPS) is 15.1. The molecule has 7 nitrogen and oxygen atoms in total. The summed E-state index contributed by atoms with van der Waals surface area (Å²) < 4.78 is 29.7. The third kappa shape index (κ3) is 4.05. The number of nitrogens with zero attached hydrogens (tertiary/aromatic N) is 1. The number of hydrogen-bond donors (Lipinski definition) is 1. The summed E-state index contributed by atoms with van der Waals surface area (Å²) in [6.07, 6.45) is 0. The lowest BCUT2D eigenvalue weighted by atomic mass is 10.0. The van der Waals surface area contributed by atoms with Crippen molar-refractivity contribution in [1.82, 2.24) is 4.90 Å². The van der Waals surface area contributed by atoms with Crippen molar-refractivity contribution >= 4 is 23.1 Å². The van der Waals surface area contributed by atoms with E-state index in [2.05, 4.69) is 5.32 Å². The molecule has 0 saturated heterocycles. The van der Waals surface area contributed by atoms with E-state index in [4.69, 9.17) is 14.2 Å². The van der Waals surface area contributed by atoms with Crippen LogP contribution in [0.5, 0.6) is 17.2 Å². The van der Waals surface area contributed by atoms with Gasteiger partial charge in [-0.25, -0.2) is 4.39 Å². The molecule has 2 amide bonds. The first-order chi connectivity index (χ1) is 16.5. The van der Waals surface area contributed by atoms with Crippen LogP contribution in [-0.4, -0.2) is 37.0 Å². The van der Waals surface area contributed by atoms with Gasteiger partial charge < -0.3 is 19.5 Å². The molecular weight excluding hydrogens is 439 g/mol. The molecule has 2 aliphatic rings. The average molecular weight is 460 g/mol. The first-order valence-corrected chi connectivity index (χ1v) is 10.7. The molecule has 0 bridgehead atoms. The predicted octanol–water partition coefficient (Wildman–Crippen LogP) is 4.00. The van der Waals surface area contributed by atoms with Crippen LogP contribution in [0.15, 0.2) is 72.4 Å². The van der Waals surface area contributed by atoms with Crippen LogP contribution in [-0.2, 0) is 16.1 Å². The molecule has 0 fully saturated rings. The number of benzene rings is 3. The van der Waals surface area contributed by atoms with Gasteiger partial charge in [-0.1, -0.05) is 24.3 Å². The first-order valence-electron chi connectivity index (χ1n) is 10.7. The van der Waals surface area contributed by atoms with Gasteiger partial charge in [-0.05, 0) is 47.5 Å². The highest BCUT2D eigenvalue weighted by Gasteiger charge is 2.39. The first kappa shape index (κ1) is 21.5. The summed E-state index contributed by atoms with van der Waals surface area (Å²) >= 11 is 0. The van der Waals surface area contributed by atoms with Gasteiger partial charge in [0.1, 0.15) is 30.5 Å². The minimum absolute atomic E-state index is 0.0178. The molecule has 0 spiro atoms. The molecule has 0 atom stereocenters. The summed E-state index contributed by atoms with van der Waals surface area (Å²) in [5, 5.41) is 3.11. The van der Waals surface area contributed by atoms with Crippen LogP contribution >= 0.6 is 0 Å². The Kier molecular flexibility index (Phi) is 5.63. The van der Waals surface area contributed by atoms with Crippen LogP contribution in [0.25, 0.3) is 5.57 Å². The molecule has 0 aliphatic carbocycles. The Morgan fingerprint density at radius 1 is 0.912 bits per heavy atom. The van der Waals surface area contributed by atoms with Gasteiger partial charge in [-0.3, -0.25) is 14.5 Å². The summed E-state index contributed by atoms with van der Waals surface area (Å²) in [4.78, 5) is 28.0. The van der Waals surface area contributed by atoms with Gasteiger partial charge in [-0.15, -0.1) is 0 Å². The molecule has 0 aromatic heterocycles. The molecule has 2 aliphatic heterocycles. The average Bonchev–Trinajstić information content (AvgIpc) is 3.09. The zero-order valence-electron chi connectivity index (χ0n) is 18.3. The van der Waals surface area contributed by atoms with Gasteiger partial charge in [0.2, 0.25) is 0 Å². The topological polar surface area (TPSA) is 77.1 Å². The van der Waals surface area contributed by atoms with E-state index in [9.17, 15) is 14.0 Å². The number of fused-ring (bicyclic) bond motifs is 1. The van der Waals surface area contributed by atoms with E-state index in [0.717, 1.165) is 4.90 Å². The van der Waals surface area contributed by atoms with E-state index in [-0.39, 0.29) is 23.6 Å². The molecule has 3 aromatic rings. The van der Waals surface area contributed by atoms with Crippen molar-refractivity contribution < 1.29 is 28.2 Å². The highest BCUT2D eigenvalue weighted by Crippen LogP contribution is 2.36. The van der Waals surface area contributed by atoms with Crippen molar-refractivity contribution in [2.75, 3.05) is 25.6 Å². The molecule has 8 heteroatoms. The second-order valence-electron chi connectivity index (χ2n) is 7.78. The number of carbonyl (C=O) groups is 2. The third-order valence-electron chi connectivity index (χ3n) is 5.61. The minimum Gasteiger partial charge on any atom is -0.497 e. The van der Waals surface area contributed by atoms with E-state index in [1.807, 2.05) is 0 Å². The summed E-state index contributed by atoms with van der Waals surface area (Å²) in [7, 11) is 1.55. The van der Waals surface area contributed by atoms with E-state index < -0.39 is 11.8 Å². The molecule has 34 heavy (non-hydrogen) atoms. The molecule has 1 N–H and O–H groups in total. The Labute approximate surface area is 195 Å². The second kappa shape index (κ2) is 8.90. The smallest absolute Gasteiger partial charge is 0.278 e. The summed E-state index contributed by atoms with van der Waals surface area (Å²) in [5.41, 5.74) is 2.17. The van der Waals surface area contributed by atoms with Crippen molar-refractivity contribution in [3.8, 4) is 17.2 Å². The number of nitrogens with one attached hydrogen (secondary N) is 1. The van der Waals surface area contributed by atoms with Crippen molar-refractivity contribution in [3.63, 3.8) is 0 Å². The molecule has 5 rings (SSSR count). The van der Waals surface area contributed by atoms with Crippen LogP contribution in [0.3, 0.4) is 0 Å². The van der Waals surface area contributed by atoms with Gasteiger partial charge in [-0.2, -0.15) is 0 Å². The lowest BCUT2D eigenvalue weighted by Crippen LogP contribution is -2.32. The maximum atomic E-state index is 13.4. The fourth-order valence-electron chi connectivity index (χ4n) is 3.90. The Hall–Kier alpha value is -4.33. The molecule has 3 aromatic carbocycles. The van der Waals surface area contributed by atoms with Crippen LogP contribution < -0.4 is 19.5 Å². The Morgan fingerprint density at radius 3 is 2.32 bits per heavy atom. The number of imide groups is 1. The lowest BCUT2D eigenvalue weighted by molar-refractivity contribution is -0.137. The van der Waals surface area contributed by atoms with Gasteiger partial charge in [0.25, 0.3) is 11.8 Å². The Balaban J connectivity index is 1.51. The largest absolute Gasteiger partial charge is 0.497 e. The van der Waals surface area contributed by atoms with Gasteiger partial charge in [0, 0.05) is 11.8 Å². The van der Waals surface area contributed by atoms with E-state index in [1.54, 1.807) is 61.7 Å². The van der Waals surface area contributed by atoms with Gasteiger partial charge in [0.15, 0.2) is 11.5 Å². The van der Waals surface area contributed by atoms with E-state index in [1.165, 1.54) is 12.1 Å². The number of ether oxygens (including phenoxy) is 3. The zero-order chi connectivity index (χ0) is 23.7. The number of hydrogen-bond acceptors (Lipinski definition) is 6. The highest BCUT2D eigenvalue weighted by molar-refractivity contribution is 6.36.